The van der Waals surface area contributed by atoms with Crippen molar-refractivity contribution >= 4 is 21.4 Å². The van der Waals surface area contributed by atoms with Gasteiger partial charge in [-0.05, 0) is 49.7 Å². The van der Waals surface area contributed by atoms with E-state index >= 15 is 0 Å². The minimum Gasteiger partial charge on any atom is -0.399 e. The second-order valence-electron chi connectivity index (χ2n) is 4.64. The lowest BCUT2D eigenvalue weighted by atomic mass is 10.2. The summed E-state index contributed by atoms with van der Waals surface area (Å²) in [5, 5.41) is 0. The maximum atomic E-state index is 13.9. The molecule has 0 atom stereocenters. The van der Waals surface area contributed by atoms with Crippen LogP contribution in [0.25, 0.3) is 0 Å². The topological polar surface area (TPSA) is 63.4 Å². The molecule has 0 saturated heterocycles. The molecule has 2 N–H and O–H groups in total. The third-order valence-corrected chi connectivity index (χ3v) is 5.12. The van der Waals surface area contributed by atoms with Gasteiger partial charge in [0.15, 0.2) is 0 Å². The molecular weight excluding hydrogens is 291 g/mol. The maximum Gasteiger partial charge on any atom is 0.264 e. The molecule has 0 radical (unpaired) electrons. The molecule has 0 saturated carbocycles. The SMILES string of the molecule is CCN(c1ccccc1F)S(=O)(=O)c1ccc(N)c(C)c1. The van der Waals surface area contributed by atoms with E-state index in [-0.39, 0.29) is 17.1 Å². The second-order valence-corrected chi connectivity index (χ2v) is 6.50. The number of hydrogen-bond donors (Lipinski definition) is 1. The lowest BCUT2D eigenvalue weighted by Gasteiger charge is -2.23. The summed E-state index contributed by atoms with van der Waals surface area (Å²) < 4.78 is 40.3. The molecule has 0 bridgehead atoms. The summed E-state index contributed by atoms with van der Waals surface area (Å²) in [4.78, 5) is 0.0966. The highest BCUT2D eigenvalue weighted by atomic mass is 32.2. The van der Waals surface area contributed by atoms with Gasteiger partial charge in [-0.3, -0.25) is 4.31 Å². The molecule has 0 fully saturated rings. The van der Waals surface area contributed by atoms with Crippen molar-refractivity contribution in [3.63, 3.8) is 0 Å². The molecule has 21 heavy (non-hydrogen) atoms. The first-order valence-electron chi connectivity index (χ1n) is 6.51. The van der Waals surface area contributed by atoms with Crippen LogP contribution >= 0.6 is 0 Å². The molecule has 0 aromatic heterocycles. The second kappa shape index (κ2) is 5.73. The van der Waals surface area contributed by atoms with Crippen molar-refractivity contribution in [1.29, 1.82) is 0 Å². The lowest BCUT2D eigenvalue weighted by molar-refractivity contribution is 0.586. The molecule has 0 amide bonds. The zero-order chi connectivity index (χ0) is 15.6. The molecule has 0 aliphatic carbocycles. The molecule has 0 unspecified atom stereocenters. The molecule has 0 aliphatic rings. The van der Waals surface area contributed by atoms with Crippen molar-refractivity contribution in [2.45, 2.75) is 18.7 Å². The van der Waals surface area contributed by atoms with E-state index in [9.17, 15) is 12.8 Å². The van der Waals surface area contributed by atoms with Crippen LogP contribution in [0.15, 0.2) is 47.4 Å². The highest BCUT2D eigenvalue weighted by Gasteiger charge is 2.25. The van der Waals surface area contributed by atoms with Gasteiger partial charge in [0.1, 0.15) is 5.82 Å². The molecule has 2 rings (SSSR count). The minimum atomic E-state index is -3.83. The molecule has 2 aromatic rings. The zero-order valence-electron chi connectivity index (χ0n) is 11.9. The Kier molecular flexibility index (Phi) is 4.18. The standard InChI is InChI=1S/C15H17FN2O2S/c1-3-18(15-7-5-4-6-13(15)16)21(19,20)12-8-9-14(17)11(2)10-12/h4-10H,3,17H2,1-2H3. The van der Waals surface area contributed by atoms with E-state index < -0.39 is 15.8 Å². The Morgan fingerprint density at radius 1 is 1.19 bits per heavy atom. The molecule has 4 nitrogen and oxygen atoms in total. The number of nitrogens with zero attached hydrogens (tertiary/aromatic N) is 1. The fraction of sp³-hybridized carbons (Fsp3) is 0.200. The number of anilines is 2. The summed E-state index contributed by atoms with van der Waals surface area (Å²) in [6.45, 7) is 3.52. The number of halogens is 1. The van der Waals surface area contributed by atoms with Gasteiger partial charge >= 0.3 is 0 Å². The first-order valence-corrected chi connectivity index (χ1v) is 7.95. The van der Waals surface area contributed by atoms with Gasteiger partial charge in [-0.1, -0.05) is 12.1 Å². The Morgan fingerprint density at radius 2 is 1.86 bits per heavy atom. The Hall–Kier alpha value is -2.08. The number of benzene rings is 2. The molecule has 0 aliphatic heterocycles. The number of sulfonamides is 1. The zero-order valence-corrected chi connectivity index (χ0v) is 12.7. The lowest BCUT2D eigenvalue weighted by Crippen LogP contribution is -2.31. The van der Waals surface area contributed by atoms with Gasteiger partial charge in [0.25, 0.3) is 10.0 Å². The van der Waals surface area contributed by atoms with Gasteiger partial charge in [-0.2, -0.15) is 0 Å². The number of aryl methyl sites for hydroxylation is 1. The summed E-state index contributed by atoms with van der Waals surface area (Å²) in [6, 6.07) is 10.3. The van der Waals surface area contributed by atoms with E-state index in [1.54, 1.807) is 19.9 Å². The summed E-state index contributed by atoms with van der Waals surface area (Å²) in [6.07, 6.45) is 0. The number of rotatable bonds is 4. The first-order chi connectivity index (χ1) is 9.87. The van der Waals surface area contributed by atoms with Gasteiger partial charge in [0.2, 0.25) is 0 Å². The third kappa shape index (κ3) is 2.85. The predicted molar refractivity (Wildman–Crippen MR) is 82.2 cm³/mol. The Bertz CT molecular complexity index is 760. The van der Waals surface area contributed by atoms with Crippen LogP contribution in [-0.2, 0) is 10.0 Å². The number of para-hydroxylation sites is 1. The quantitative estimate of drug-likeness (QED) is 0.883. The van der Waals surface area contributed by atoms with Crippen LogP contribution in [0.1, 0.15) is 12.5 Å². The normalized spacial score (nSPS) is 11.4. The van der Waals surface area contributed by atoms with Crippen molar-refractivity contribution in [2.24, 2.45) is 0 Å². The highest BCUT2D eigenvalue weighted by Crippen LogP contribution is 2.27. The first kappa shape index (κ1) is 15.3. The van der Waals surface area contributed by atoms with Crippen LogP contribution in [0.3, 0.4) is 0 Å². The highest BCUT2D eigenvalue weighted by molar-refractivity contribution is 7.92. The van der Waals surface area contributed by atoms with Crippen LogP contribution < -0.4 is 10.0 Å². The summed E-state index contributed by atoms with van der Waals surface area (Å²) in [7, 11) is -3.83. The van der Waals surface area contributed by atoms with E-state index in [1.165, 1.54) is 36.4 Å². The van der Waals surface area contributed by atoms with E-state index in [0.29, 0.717) is 11.3 Å². The van der Waals surface area contributed by atoms with Crippen LogP contribution in [0.2, 0.25) is 0 Å². The van der Waals surface area contributed by atoms with Crippen LogP contribution in [0.4, 0.5) is 15.8 Å². The molecule has 6 heteroatoms. The van der Waals surface area contributed by atoms with Crippen LogP contribution in [0.5, 0.6) is 0 Å². The average Bonchev–Trinajstić information content (AvgIpc) is 2.44. The van der Waals surface area contributed by atoms with Crippen molar-refractivity contribution in [3.05, 3.63) is 53.8 Å². The van der Waals surface area contributed by atoms with Gasteiger partial charge in [0.05, 0.1) is 10.6 Å². The fourth-order valence-electron chi connectivity index (χ4n) is 2.06. The van der Waals surface area contributed by atoms with E-state index in [2.05, 4.69) is 0 Å². The molecule has 0 heterocycles. The van der Waals surface area contributed by atoms with Gasteiger partial charge in [-0.15, -0.1) is 0 Å². The predicted octanol–water partition coefficient (Wildman–Crippen LogP) is 2.93. The fourth-order valence-corrected chi connectivity index (χ4v) is 3.63. The summed E-state index contributed by atoms with van der Waals surface area (Å²) in [5.41, 5.74) is 6.93. The smallest absolute Gasteiger partial charge is 0.264 e. The monoisotopic (exact) mass is 308 g/mol. The molecule has 112 valence electrons. The Labute approximate surface area is 124 Å². The largest absolute Gasteiger partial charge is 0.399 e. The van der Waals surface area contributed by atoms with E-state index in [1.807, 2.05) is 0 Å². The molecule has 0 spiro atoms. The van der Waals surface area contributed by atoms with Gasteiger partial charge in [0, 0.05) is 12.2 Å². The van der Waals surface area contributed by atoms with Crippen LogP contribution in [-0.4, -0.2) is 15.0 Å². The Morgan fingerprint density at radius 3 is 2.43 bits per heavy atom. The van der Waals surface area contributed by atoms with Gasteiger partial charge < -0.3 is 5.73 Å². The third-order valence-electron chi connectivity index (χ3n) is 3.24. The van der Waals surface area contributed by atoms with Crippen molar-refractivity contribution in [3.8, 4) is 0 Å². The van der Waals surface area contributed by atoms with Gasteiger partial charge in [-0.25, -0.2) is 12.8 Å². The summed E-state index contributed by atoms with van der Waals surface area (Å²) in [5.74, 6) is -0.574. The summed E-state index contributed by atoms with van der Waals surface area (Å²) >= 11 is 0. The minimum absolute atomic E-state index is 0.0366. The number of hydrogen-bond acceptors (Lipinski definition) is 3. The average molecular weight is 308 g/mol. The van der Waals surface area contributed by atoms with Crippen molar-refractivity contribution in [2.75, 3.05) is 16.6 Å². The molecular formula is C15H17FN2O2S. The van der Waals surface area contributed by atoms with E-state index in [4.69, 9.17) is 5.73 Å². The van der Waals surface area contributed by atoms with Crippen molar-refractivity contribution in [1.82, 2.24) is 0 Å². The Balaban J connectivity index is 2.55. The molecule has 2 aromatic carbocycles. The van der Waals surface area contributed by atoms with Crippen molar-refractivity contribution < 1.29 is 12.8 Å². The maximum absolute atomic E-state index is 13.9. The number of nitrogens with two attached hydrogens (primary N) is 1. The van der Waals surface area contributed by atoms with Crippen LogP contribution in [0, 0.1) is 12.7 Å². The number of nitrogen functional groups attached to an aromatic ring is 1. The van der Waals surface area contributed by atoms with E-state index in [0.717, 1.165) is 4.31 Å².